The van der Waals surface area contributed by atoms with E-state index in [1.807, 2.05) is 29.7 Å². The fourth-order valence-corrected chi connectivity index (χ4v) is 3.84. The summed E-state index contributed by atoms with van der Waals surface area (Å²) in [7, 11) is 0. The standard InChI is InChI=1S/C20H19N3O4S/c1-3-11-22-17-10-9-16(27-4-2)13-18(17)28-20(22)21-19(24)12-14-5-7-15(8-6-14)23(25)26/h3,5-10,13H,1,4,11-12H2,2H3. The topological polar surface area (TPSA) is 86.7 Å². The molecule has 7 nitrogen and oxygen atoms in total. The van der Waals surface area contributed by atoms with Crippen molar-refractivity contribution in [2.24, 2.45) is 4.99 Å². The molecule has 2 aromatic carbocycles. The molecule has 1 heterocycles. The van der Waals surface area contributed by atoms with E-state index in [1.54, 1.807) is 18.2 Å². The normalized spacial score (nSPS) is 11.5. The molecule has 8 heteroatoms. The summed E-state index contributed by atoms with van der Waals surface area (Å²) in [5, 5.41) is 10.7. The Morgan fingerprint density at radius 2 is 2.07 bits per heavy atom. The van der Waals surface area contributed by atoms with Gasteiger partial charge >= 0.3 is 0 Å². The second-order valence-corrected chi connectivity index (χ2v) is 6.96. The van der Waals surface area contributed by atoms with Crippen LogP contribution in [0, 0.1) is 10.1 Å². The predicted molar refractivity (Wildman–Crippen MR) is 109 cm³/mol. The van der Waals surface area contributed by atoms with Crippen LogP contribution in [0.2, 0.25) is 0 Å². The van der Waals surface area contributed by atoms with Gasteiger partial charge in [-0.15, -0.1) is 6.58 Å². The number of ether oxygens (including phenoxy) is 1. The Labute approximate surface area is 165 Å². The van der Waals surface area contributed by atoms with E-state index in [-0.39, 0.29) is 18.0 Å². The number of non-ortho nitro benzene ring substituents is 1. The Kier molecular flexibility index (Phi) is 6.00. The minimum Gasteiger partial charge on any atom is -0.494 e. The molecular formula is C20H19N3O4S. The summed E-state index contributed by atoms with van der Waals surface area (Å²) in [4.78, 5) is 27.5. The summed E-state index contributed by atoms with van der Waals surface area (Å²) in [6.45, 7) is 6.81. The van der Waals surface area contributed by atoms with Crippen LogP contribution in [-0.2, 0) is 17.8 Å². The molecule has 0 fully saturated rings. The molecule has 0 radical (unpaired) electrons. The highest BCUT2D eigenvalue weighted by Crippen LogP contribution is 2.23. The van der Waals surface area contributed by atoms with Crippen molar-refractivity contribution in [2.45, 2.75) is 19.9 Å². The number of aromatic nitrogens is 1. The average molecular weight is 397 g/mol. The van der Waals surface area contributed by atoms with Gasteiger partial charge in [0.2, 0.25) is 0 Å². The molecule has 28 heavy (non-hydrogen) atoms. The molecule has 1 amide bonds. The van der Waals surface area contributed by atoms with Gasteiger partial charge in [0.25, 0.3) is 11.6 Å². The van der Waals surface area contributed by atoms with Gasteiger partial charge in [0.1, 0.15) is 5.75 Å². The molecule has 144 valence electrons. The van der Waals surface area contributed by atoms with E-state index in [4.69, 9.17) is 4.74 Å². The van der Waals surface area contributed by atoms with Gasteiger partial charge in [-0.1, -0.05) is 29.5 Å². The number of hydrogen-bond donors (Lipinski definition) is 0. The van der Waals surface area contributed by atoms with Gasteiger partial charge in [0.05, 0.1) is 28.2 Å². The van der Waals surface area contributed by atoms with Crippen LogP contribution in [0.4, 0.5) is 5.69 Å². The molecule has 3 aromatic rings. The van der Waals surface area contributed by atoms with Crippen molar-refractivity contribution in [2.75, 3.05) is 6.61 Å². The van der Waals surface area contributed by atoms with Crippen LogP contribution >= 0.6 is 11.3 Å². The molecule has 3 rings (SSSR count). The number of thiazole rings is 1. The van der Waals surface area contributed by atoms with Gasteiger partial charge in [-0.05, 0) is 30.7 Å². The summed E-state index contributed by atoms with van der Waals surface area (Å²) < 4.78 is 8.44. The second kappa shape index (κ2) is 8.62. The summed E-state index contributed by atoms with van der Waals surface area (Å²) in [6, 6.07) is 11.7. The number of amides is 1. The lowest BCUT2D eigenvalue weighted by Gasteiger charge is -2.04. The zero-order valence-electron chi connectivity index (χ0n) is 15.3. The lowest BCUT2D eigenvalue weighted by Crippen LogP contribution is -2.16. The number of allylic oxidation sites excluding steroid dienone is 1. The smallest absolute Gasteiger partial charge is 0.269 e. The third-order valence-corrected chi connectivity index (χ3v) is 5.04. The summed E-state index contributed by atoms with van der Waals surface area (Å²) >= 11 is 1.41. The molecule has 0 saturated carbocycles. The number of benzene rings is 2. The predicted octanol–water partition coefficient (Wildman–Crippen LogP) is 3.87. The fourth-order valence-electron chi connectivity index (χ4n) is 2.76. The van der Waals surface area contributed by atoms with Crippen molar-refractivity contribution in [1.82, 2.24) is 4.57 Å². The second-order valence-electron chi connectivity index (χ2n) is 5.95. The van der Waals surface area contributed by atoms with Gasteiger partial charge < -0.3 is 9.30 Å². The number of hydrogen-bond acceptors (Lipinski definition) is 5. The first-order chi connectivity index (χ1) is 13.5. The summed E-state index contributed by atoms with van der Waals surface area (Å²) in [5.41, 5.74) is 1.62. The minimum atomic E-state index is -0.470. The van der Waals surface area contributed by atoms with Crippen molar-refractivity contribution in [3.8, 4) is 5.75 Å². The monoisotopic (exact) mass is 397 g/mol. The maximum absolute atomic E-state index is 12.4. The first-order valence-corrected chi connectivity index (χ1v) is 9.51. The SMILES string of the molecule is C=CCn1c(=NC(=O)Cc2ccc([N+](=O)[O-])cc2)sc2cc(OCC)ccc21. The Balaban J connectivity index is 1.92. The van der Waals surface area contributed by atoms with E-state index < -0.39 is 4.92 Å². The number of nitrogens with zero attached hydrogens (tertiary/aromatic N) is 3. The van der Waals surface area contributed by atoms with Gasteiger partial charge in [-0.2, -0.15) is 4.99 Å². The number of carbonyl (C=O) groups excluding carboxylic acids is 1. The molecule has 1 aromatic heterocycles. The maximum atomic E-state index is 12.4. The van der Waals surface area contributed by atoms with Gasteiger partial charge in [0.15, 0.2) is 4.80 Å². The summed E-state index contributed by atoms with van der Waals surface area (Å²) in [5.74, 6) is 0.453. The van der Waals surface area contributed by atoms with Gasteiger partial charge in [-0.25, -0.2) is 0 Å². The average Bonchev–Trinajstić information content (AvgIpc) is 2.99. The van der Waals surface area contributed by atoms with Crippen molar-refractivity contribution in [1.29, 1.82) is 0 Å². The van der Waals surface area contributed by atoms with Crippen molar-refractivity contribution < 1.29 is 14.5 Å². The third kappa shape index (κ3) is 4.34. The zero-order valence-corrected chi connectivity index (χ0v) is 16.1. The lowest BCUT2D eigenvalue weighted by atomic mass is 10.1. The summed E-state index contributed by atoms with van der Waals surface area (Å²) in [6.07, 6.45) is 1.83. The number of carbonyl (C=O) groups is 1. The lowest BCUT2D eigenvalue weighted by molar-refractivity contribution is -0.384. The molecule has 0 N–H and O–H groups in total. The Bertz CT molecular complexity index is 1100. The largest absolute Gasteiger partial charge is 0.494 e. The number of nitro benzene ring substituents is 1. The Hall–Kier alpha value is -3.26. The molecule has 0 bridgehead atoms. The van der Waals surface area contributed by atoms with Crippen LogP contribution in [0.25, 0.3) is 10.2 Å². The number of fused-ring (bicyclic) bond motifs is 1. The first kappa shape index (κ1) is 19.5. The number of nitro groups is 1. The maximum Gasteiger partial charge on any atom is 0.269 e. The molecule has 0 atom stereocenters. The quantitative estimate of drug-likeness (QED) is 0.344. The van der Waals surface area contributed by atoms with E-state index in [1.165, 1.54) is 23.5 Å². The third-order valence-electron chi connectivity index (χ3n) is 4.00. The van der Waals surface area contributed by atoms with E-state index >= 15 is 0 Å². The number of rotatable bonds is 7. The van der Waals surface area contributed by atoms with Crippen molar-refractivity contribution in [3.63, 3.8) is 0 Å². The van der Waals surface area contributed by atoms with E-state index in [0.717, 1.165) is 16.0 Å². The van der Waals surface area contributed by atoms with Crippen LogP contribution in [0.3, 0.4) is 0 Å². The van der Waals surface area contributed by atoms with Crippen LogP contribution in [0.15, 0.2) is 60.1 Å². The molecular weight excluding hydrogens is 378 g/mol. The minimum absolute atomic E-state index is 0.00780. The molecule has 0 aliphatic heterocycles. The highest BCUT2D eigenvalue weighted by atomic mass is 32.1. The molecule has 0 spiro atoms. The van der Waals surface area contributed by atoms with Crippen LogP contribution in [-0.4, -0.2) is 22.0 Å². The van der Waals surface area contributed by atoms with E-state index in [9.17, 15) is 14.9 Å². The molecule has 0 aliphatic rings. The van der Waals surface area contributed by atoms with Crippen LogP contribution < -0.4 is 9.54 Å². The molecule has 0 aliphatic carbocycles. The Morgan fingerprint density at radius 1 is 1.32 bits per heavy atom. The first-order valence-electron chi connectivity index (χ1n) is 8.69. The van der Waals surface area contributed by atoms with E-state index in [0.29, 0.717) is 23.5 Å². The molecule has 0 saturated heterocycles. The van der Waals surface area contributed by atoms with Gasteiger partial charge in [-0.3, -0.25) is 14.9 Å². The van der Waals surface area contributed by atoms with Crippen LogP contribution in [0.1, 0.15) is 12.5 Å². The Morgan fingerprint density at radius 3 is 2.71 bits per heavy atom. The van der Waals surface area contributed by atoms with Crippen molar-refractivity contribution >= 4 is 33.1 Å². The van der Waals surface area contributed by atoms with E-state index in [2.05, 4.69) is 11.6 Å². The van der Waals surface area contributed by atoms with Crippen molar-refractivity contribution in [3.05, 3.63) is 75.6 Å². The zero-order chi connectivity index (χ0) is 20.1. The highest BCUT2D eigenvalue weighted by Gasteiger charge is 2.10. The van der Waals surface area contributed by atoms with Gasteiger partial charge in [0, 0.05) is 18.7 Å². The fraction of sp³-hybridized carbons (Fsp3) is 0.200. The van der Waals surface area contributed by atoms with Crippen LogP contribution in [0.5, 0.6) is 5.75 Å². The highest BCUT2D eigenvalue weighted by molar-refractivity contribution is 7.16. The molecule has 0 unspecified atom stereocenters.